The van der Waals surface area contributed by atoms with Crippen molar-refractivity contribution in [3.63, 3.8) is 0 Å². The van der Waals surface area contributed by atoms with Crippen LogP contribution in [0.25, 0.3) is 0 Å². The molecule has 1 heteroatoms. The molecule has 0 N–H and O–H groups in total. The minimum absolute atomic E-state index is 0. The van der Waals surface area contributed by atoms with E-state index in [1.54, 1.807) is 0 Å². The molecule has 0 heterocycles. The van der Waals surface area contributed by atoms with Gasteiger partial charge in [0.2, 0.25) is 0 Å². The topological polar surface area (TPSA) is 0 Å². The summed E-state index contributed by atoms with van der Waals surface area (Å²) >= 11 is 0. The second-order valence-corrected chi connectivity index (χ2v) is 2.50. The molecule has 1 aliphatic rings. The van der Waals surface area contributed by atoms with Crippen molar-refractivity contribution in [2.24, 2.45) is 5.92 Å². The standard InChI is InChI=1S/C8H12.ClH/c1-2-8-6-4-3-5-7-8;/h1,8H,3-7H2;1H. The molecule has 0 radical (unpaired) electrons. The molecule has 1 rings (SSSR count). The molecule has 52 valence electrons. The first-order chi connectivity index (χ1) is 3.93. The summed E-state index contributed by atoms with van der Waals surface area (Å²) in [4.78, 5) is 0. The van der Waals surface area contributed by atoms with E-state index in [1.807, 2.05) is 0 Å². The van der Waals surface area contributed by atoms with E-state index in [9.17, 15) is 0 Å². The molecule has 1 saturated carbocycles. The van der Waals surface area contributed by atoms with Gasteiger partial charge in [0.05, 0.1) is 0 Å². The second kappa shape index (κ2) is 4.70. The maximum Gasteiger partial charge on any atom is 0.0200 e. The van der Waals surface area contributed by atoms with Gasteiger partial charge in [0.1, 0.15) is 0 Å². The van der Waals surface area contributed by atoms with Crippen molar-refractivity contribution in [1.29, 1.82) is 0 Å². The molecule has 0 aromatic rings. The van der Waals surface area contributed by atoms with Crippen LogP contribution in [0.2, 0.25) is 0 Å². The van der Waals surface area contributed by atoms with Crippen molar-refractivity contribution in [2.75, 3.05) is 0 Å². The minimum Gasteiger partial charge on any atom is -0.147 e. The molecule has 9 heavy (non-hydrogen) atoms. The highest BCUT2D eigenvalue weighted by atomic mass is 35.5. The van der Waals surface area contributed by atoms with Crippen LogP contribution in [-0.2, 0) is 0 Å². The number of terminal acetylenes is 1. The Kier molecular flexibility index (Phi) is 4.62. The molecular weight excluding hydrogens is 132 g/mol. The van der Waals surface area contributed by atoms with Crippen LogP contribution in [0.15, 0.2) is 0 Å². The molecule has 1 aliphatic carbocycles. The summed E-state index contributed by atoms with van der Waals surface area (Å²) in [7, 11) is 0. The van der Waals surface area contributed by atoms with Crippen molar-refractivity contribution in [3.8, 4) is 12.3 Å². The van der Waals surface area contributed by atoms with Crippen molar-refractivity contribution >= 4 is 12.4 Å². The van der Waals surface area contributed by atoms with E-state index in [-0.39, 0.29) is 12.4 Å². The normalized spacial score (nSPS) is 19.9. The lowest BCUT2D eigenvalue weighted by molar-refractivity contribution is 0.430. The van der Waals surface area contributed by atoms with Gasteiger partial charge in [0.15, 0.2) is 0 Å². The molecule has 0 aliphatic heterocycles. The summed E-state index contributed by atoms with van der Waals surface area (Å²) in [6.45, 7) is 0. The van der Waals surface area contributed by atoms with E-state index >= 15 is 0 Å². The minimum atomic E-state index is 0. The van der Waals surface area contributed by atoms with Crippen molar-refractivity contribution in [3.05, 3.63) is 0 Å². The number of halogens is 1. The average Bonchev–Trinajstić information content (AvgIpc) is 1.90. The summed E-state index contributed by atoms with van der Waals surface area (Å²) in [5.74, 6) is 3.42. The van der Waals surface area contributed by atoms with Gasteiger partial charge in [0.25, 0.3) is 0 Å². The number of hydrogen-bond acceptors (Lipinski definition) is 0. The second-order valence-electron chi connectivity index (χ2n) is 2.50. The highest BCUT2D eigenvalue weighted by Gasteiger charge is 2.08. The molecule has 0 aromatic heterocycles. The Balaban J connectivity index is 0.000000640. The van der Waals surface area contributed by atoms with Crippen LogP contribution >= 0.6 is 12.4 Å². The van der Waals surface area contributed by atoms with Crippen LogP contribution in [0.1, 0.15) is 32.1 Å². The van der Waals surface area contributed by atoms with Gasteiger partial charge in [-0.25, -0.2) is 0 Å². The Labute approximate surface area is 63.4 Å². The SMILES string of the molecule is C#CC1CCCCC1.Cl. The van der Waals surface area contributed by atoms with E-state index in [0.717, 1.165) is 0 Å². The fourth-order valence-electron chi connectivity index (χ4n) is 1.27. The lowest BCUT2D eigenvalue weighted by Gasteiger charge is -2.14. The monoisotopic (exact) mass is 144 g/mol. The first kappa shape index (κ1) is 8.85. The zero-order valence-corrected chi connectivity index (χ0v) is 6.41. The quantitative estimate of drug-likeness (QED) is 0.459. The molecule has 0 atom stereocenters. The molecule has 0 bridgehead atoms. The Bertz CT molecular complexity index is 95.6. The van der Waals surface area contributed by atoms with Gasteiger partial charge in [0, 0.05) is 5.92 Å². The van der Waals surface area contributed by atoms with Crippen molar-refractivity contribution in [1.82, 2.24) is 0 Å². The first-order valence-electron chi connectivity index (χ1n) is 3.39. The summed E-state index contributed by atoms with van der Waals surface area (Å²) in [5, 5.41) is 0. The van der Waals surface area contributed by atoms with E-state index in [4.69, 9.17) is 6.42 Å². The zero-order valence-electron chi connectivity index (χ0n) is 5.60. The third kappa shape index (κ3) is 2.77. The summed E-state index contributed by atoms with van der Waals surface area (Å²) in [6.07, 6.45) is 11.9. The van der Waals surface area contributed by atoms with Gasteiger partial charge in [-0.05, 0) is 12.8 Å². The fraction of sp³-hybridized carbons (Fsp3) is 0.750. The summed E-state index contributed by atoms with van der Waals surface area (Å²) in [6, 6.07) is 0. The van der Waals surface area contributed by atoms with E-state index < -0.39 is 0 Å². The van der Waals surface area contributed by atoms with Crippen LogP contribution in [0.4, 0.5) is 0 Å². The molecule has 0 saturated heterocycles. The molecule has 0 amide bonds. The average molecular weight is 145 g/mol. The lowest BCUT2D eigenvalue weighted by Crippen LogP contribution is -2.02. The third-order valence-corrected chi connectivity index (χ3v) is 1.84. The highest BCUT2D eigenvalue weighted by Crippen LogP contribution is 2.22. The van der Waals surface area contributed by atoms with Crippen LogP contribution in [0.5, 0.6) is 0 Å². The molecule has 1 fully saturated rings. The van der Waals surface area contributed by atoms with E-state index in [0.29, 0.717) is 5.92 Å². The molecular formula is C8H13Cl. The lowest BCUT2D eigenvalue weighted by atomic mass is 9.90. The van der Waals surface area contributed by atoms with Gasteiger partial charge in [-0.15, -0.1) is 24.8 Å². The van der Waals surface area contributed by atoms with Gasteiger partial charge in [-0.3, -0.25) is 0 Å². The predicted molar refractivity (Wildman–Crippen MR) is 42.7 cm³/mol. The van der Waals surface area contributed by atoms with Crippen molar-refractivity contribution < 1.29 is 0 Å². The Morgan fingerprint density at radius 2 is 1.67 bits per heavy atom. The highest BCUT2D eigenvalue weighted by molar-refractivity contribution is 5.85. The molecule has 0 unspecified atom stereocenters. The fourth-order valence-corrected chi connectivity index (χ4v) is 1.27. The largest absolute Gasteiger partial charge is 0.147 e. The van der Waals surface area contributed by atoms with Crippen molar-refractivity contribution in [2.45, 2.75) is 32.1 Å². The summed E-state index contributed by atoms with van der Waals surface area (Å²) in [5.41, 5.74) is 0. The van der Waals surface area contributed by atoms with Crippen LogP contribution in [0.3, 0.4) is 0 Å². The molecule has 0 spiro atoms. The van der Waals surface area contributed by atoms with Crippen LogP contribution < -0.4 is 0 Å². The van der Waals surface area contributed by atoms with Gasteiger partial charge in [-0.2, -0.15) is 0 Å². The van der Waals surface area contributed by atoms with Crippen LogP contribution in [-0.4, -0.2) is 0 Å². The van der Waals surface area contributed by atoms with E-state index in [1.165, 1.54) is 32.1 Å². The third-order valence-electron chi connectivity index (χ3n) is 1.84. The first-order valence-corrected chi connectivity index (χ1v) is 3.39. The Morgan fingerprint density at radius 3 is 2.00 bits per heavy atom. The Morgan fingerprint density at radius 1 is 1.11 bits per heavy atom. The maximum absolute atomic E-state index is 5.25. The molecule has 0 nitrogen and oxygen atoms in total. The van der Waals surface area contributed by atoms with Crippen LogP contribution in [0, 0.1) is 18.3 Å². The number of hydrogen-bond donors (Lipinski definition) is 0. The van der Waals surface area contributed by atoms with Gasteiger partial charge in [-0.1, -0.05) is 19.3 Å². The Hall–Kier alpha value is -0.150. The summed E-state index contributed by atoms with van der Waals surface area (Å²) < 4.78 is 0. The number of rotatable bonds is 0. The van der Waals surface area contributed by atoms with Gasteiger partial charge >= 0.3 is 0 Å². The van der Waals surface area contributed by atoms with E-state index in [2.05, 4.69) is 5.92 Å². The van der Waals surface area contributed by atoms with Gasteiger partial charge < -0.3 is 0 Å². The smallest absolute Gasteiger partial charge is 0.0200 e. The maximum atomic E-state index is 5.25. The predicted octanol–water partition coefficient (Wildman–Crippen LogP) is 2.62. The molecule has 0 aromatic carbocycles. The zero-order chi connectivity index (χ0) is 5.82.